The number of ether oxygens (including phenoxy) is 3. The molecule has 0 aromatic carbocycles. The Morgan fingerprint density at radius 3 is 2.27 bits per heavy atom. The minimum absolute atomic E-state index is 0.0729. The maximum absolute atomic E-state index is 12.1. The van der Waals surface area contributed by atoms with Gasteiger partial charge in [-0.25, -0.2) is 4.79 Å². The Kier molecular flexibility index (Phi) is 9.98. The fraction of sp³-hybridized carbons (Fsp3) is 0.737. The van der Waals surface area contributed by atoms with E-state index in [1.165, 1.54) is 7.11 Å². The average Bonchev–Trinajstić information content (AvgIpc) is 2.52. The highest BCUT2D eigenvalue weighted by Crippen LogP contribution is 2.23. The molecule has 1 atom stereocenters. The highest BCUT2D eigenvalue weighted by molar-refractivity contribution is 5.80. The van der Waals surface area contributed by atoms with Crippen LogP contribution in [0.15, 0.2) is 12.7 Å². The van der Waals surface area contributed by atoms with E-state index in [0.29, 0.717) is 0 Å². The second-order valence-corrected chi connectivity index (χ2v) is 7.96. The van der Waals surface area contributed by atoms with Crippen molar-refractivity contribution in [2.45, 2.75) is 59.5 Å². The Hall–Kier alpha value is -2.05. The monoisotopic (exact) mass is 371 g/mol. The van der Waals surface area contributed by atoms with Crippen LogP contribution < -0.4 is 5.32 Å². The molecule has 0 aliphatic heterocycles. The van der Waals surface area contributed by atoms with Gasteiger partial charge in [0.25, 0.3) is 0 Å². The number of carbonyl (C=O) groups is 3. The van der Waals surface area contributed by atoms with E-state index < -0.39 is 29.6 Å². The molecule has 0 saturated heterocycles. The van der Waals surface area contributed by atoms with Crippen LogP contribution in [-0.2, 0) is 23.8 Å². The Morgan fingerprint density at radius 1 is 1.15 bits per heavy atom. The summed E-state index contributed by atoms with van der Waals surface area (Å²) in [5, 5.41) is 2.48. The molecule has 0 aliphatic rings. The van der Waals surface area contributed by atoms with Crippen molar-refractivity contribution in [2.75, 3.05) is 20.3 Å². The van der Waals surface area contributed by atoms with E-state index in [2.05, 4.69) is 11.9 Å². The highest BCUT2D eigenvalue weighted by Gasteiger charge is 2.27. The van der Waals surface area contributed by atoms with Crippen molar-refractivity contribution in [1.29, 1.82) is 0 Å². The van der Waals surface area contributed by atoms with Crippen molar-refractivity contribution >= 4 is 18.0 Å². The van der Waals surface area contributed by atoms with E-state index in [1.54, 1.807) is 20.8 Å². The Labute approximate surface area is 156 Å². The number of nitrogens with one attached hydrogen (secondary N) is 1. The number of alkyl carbamates (subject to hydrolysis) is 1. The second-order valence-electron chi connectivity index (χ2n) is 7.96. The molecule has 0 aromatic heterocycles. The zero-order chi connectivity index (χ0) is 20.4. The zero-order valence-corrected chi connectivity index (χ0v) is 16.8. The molecule has 7 heteroatoms. The lowest BCUT2D eigenvalue weighted by molar-refractivity contribution is -0.154. The summed E-state index contributed by atoms with van der Waals surface area (Å²) in [7, 11) is 1.23. The van der Waals surface area contributed by atoms with Crippen LogP contribution in [0.1, 0.15) is 53.9 Å². The number of rotatable bonds is 10. The lowest BCUT2D eigenvalue weighted by Gasteiger charge is -2.24. The van der Waals surface area contributed by atoms with Gasteiger partial charge in [0.1, 0.15) is 5.60 Å². The van der Waals surface area contributed by atoms with Gasteiger partial charge in [0.15, 0.2) is 0 Å². The van der Waals surface area contributed by atoms with Crippen molar-refractivity contribution in [3.8, 4) is 0 Å². The first-order chi connectivity index (χ1) is 11.9. The van der Waals surface area contributed by atoms with Gasteiger partial charge in [-0.15, -0.1) is 6.58 Å². The van der Waals surface area contributed by atoms with Gasteiger partial charge in [-0.3, -0.25) is 9.59 Å². The molecule has 0 radical (unpaired) electrons. The summed E-state index contributed by atoms with van der Waals surface area (Å²) in [6.07, 6.45) is 2.64. The number of allylic oxidation sites excluding steroid dienone is 1. The highest BCUT2D eigenvalue weighted by atomic mass is 16.6. The van der Waals surface area contributed by atoms with Crippen molar-refractivity contribution in [3.63, 3.8) is 0 Å². The number of carbonyl (C=O) groups excluding carboxylic acids is 3. The lowest BCUT2D eigenvalue weighted by atomic mass is 9.89. The first-order valence-corrected chi connectivity index (χ1v) is 8.71. The SMILES string of the molecule is C=CCCC(C)(C)COC(=O)CC(CNC(=O)OC(C)(C)C)C(=O)OC. The summed E-state index contributed by atoms with van der Waals surface area (Å²) >= 11 is 0. The minimum Gasteiger partial charge on any atom is -0.469 e. The first-order valence-electron chi connectivity index (χ1n) is 8.71. The van der Waals surface area contributed by atoms with Gasteiger partial charge in [-0.1, -0.05) is 19.9 Å². The molecule has 0 rings (SSSR count). The van der Waals surface area contributed by atoms with E-state index in [9.17, 15) is 14.4 Å². The van der Waals surface area contributed by atoms with E-state index >= 15 is 0 Å². The standard InChI is InChI=1S/C19H33NO6/c1-8-9-10-19(5,6)13-25-15(21)11-14(16(22)24-7)12-20-17(23)26-18(2,3)4/h8,14H,1,9-13H2,2-7H3,(H,20,23). The molecule has 0 spiro atoms. The largest absolute Gasteiger partial charge is 0.469 e. The summed E-state index contributed by atoms with van der Waals surface area (Å²) in [4.78, 5) is 35.6. The van der Waals surface area contributed by atoms with Crippen LogP contribution in [0.4, 0.5) is 4.79 Å². The minimum atomic E-state index is -0.837. The molecule has 1 amide bonds. The Balaban J connectivity index is 4.57. The van der Waals surface area contributed by atoms with E-state index in [4.69, 9.17) is 14.2 Å². The number of esters is 2. The molecular formula is C19H33NO6. The van der Waals surface area contributed by atoms with Crippen LogP contribution in [0.5, 0.6) is 0 Å². The third-order valence-electron chi connectivity index (χ3n) is 3.49. The molecule has 1 unspecified atom stereocenters. The Morgan fingerprint density at radius 2 is 1.77 bits per heavy atom. The Bertz CT molecular complexity index is 493. The topological polar surface area (TPSA) is 90.9 Å². The average molecular weight is 371 g/mol. The van der Waals surface area contributed by atoms with Crippen LogP contribution >= 0.6 is 0 Å². The zero-order valence-electron chi connectivity index (χ0n) is 16.8. The molecule has 0 heterocycles. The summed E-state index contributed by atoms with van der Waals surface area (Å²) in [5.41, 5.74) is -0.833. The predicted molar refractivity (Wildman–Crippen MR) is 98.5 cm³/mol. The van der Waals surface area contributed by atoms with E-state index in [1.807, 2.05) is 19.9 Å². The maximum atomic E-state index is 12.1. The van der Waals surface area contributed by atoms with Gasteiger partial charge in [-0.05, 0) is 39.0 Å². The van der Waals surface area contributed by atoms with E-state index in [0.717, 1.165) is 12.8 Å². The predicted octanol–water partition coefficient (Wildman–Crippen LogP) is 3.23. The lowest BCUT2D eigenvalue weighted by Crippen LogP contribution is -2.38. The third kappa shape index (κ3) is 11.5. The second kappa shape index (κ2) is 10.8. The quantitative estimate of drug-likeness (QED) is 0.360. The van der Waals surface area contributed by atoms with Gasteiger partial charge < -0.3 is 19.5 Å². The fourth-order valence-corrected chi connectivity index (χ4v) is 2.03. The molecular weight excluding hydrogens is 338 g/mol. The van der Waals surface area contributed by atoms with Crippen molar-refractivity contribution < 1.29 is 28.6 Å². The van der Waals surface area contributed by atoms with Gasteiger partial charge >= 0.3 is 18.0 Å². The van der Waals surface area contributed by atoms with Crippen LogP contribution in [0.3, 0.4) is 0 Å². The summed E-state index contributed by atoms with van der Waals surface area (Å²) in [6, 6.07) is 0. The van der Waals surface area contributed by atoms with E-state index in [-0.39, 0.29) is 25.0 Å². The van der Waals surface area contributed by atoms with Crippen LogP contribution in [0, 0.1) is 11.3 Å². The van der Waals surface area contributed by atoms with Crippen molar-refractivity contribution in [2.24, 2.45) is 11.3 Å². The molecule has 0 aliphatic carbocycles. The van der Waals surface area contributed by atoms with Crippen LogP contribution in [-0.4, -0.2) is 43.9 Å². The molecule has 150 valence electrons. The number of hydrogen-bond donors (Lipinski definition) is 1. The first kappa shape index (κ1) is 23.9. The molecule has 7 nitrogen and oxygen atoms in total. The fourth-order valence-electron chi connectivity index (χ4n) is 2.03. The van der Waals surface area contributed by atoms with Gasteiger partial charge in [-0.2, -0.15) is 0 Å². The van der Waals surface area contributed by atoms with Crippen LogP contribution in [0.25, 0.3) is 0 Å². The van der Waals surface area contributed by atoms with Gasteiger partial charge in [0.05, 0.1) is 26.1 Å². The summed E-state index contributed by atoms with van der Waals surface area (Å²) in [5.74, 6) is -1.95. The molecule has 0 saturated carbocycles. The third-order valence-corrected chi connectivity index (χ3v) is 3.49. The maximum Gasteiger partial charge on any atom is 0.407 e. The van der Waals surface area contributed by atoms with Crippen molar-refractivity contribution in [1.82, 2.24) is 5.32 Å². The summed E-state index contributed by atoms with van der Waals surface area (Å²) in [6.45, 7) is 13.0. The smallest absolute Gasteiger partial charge is 0.407 e. The van der Waals surface area contributed by atoms with Crippen molar-refractivity contribution in [3.05, 3.63) is 12.7 Å². The van der Waals surface area contributed by atoms with Gasteiger partial charge in [0.2, 0.25) is 0 Å². The normalized spacial score (nSPS) is 12.7. The van der Waals surface area contributed by atoms with Gasteiger partial charge in [0, 0.05) is 6.54 Å². The number of methoxy groups -OCH3 is 1. The molecule has 0 fully saturated rings. The summed E-state index contributed by atoms with van der Waals surface area (Å²) < 4.78 is 15.1. The number of hydrogen-bond acceptors (Lipinski definition) is 6. The van der Waals surface area contributed by atoms with Crippen LogP contribution in [0.2, 0.25) is 0 Å². The molecule has 1 N–H and O–H groups in total. The number of amides is 1. The molecule has 0 bridgehead atoms. The molecule has 0 aromatic rings. The molecule has 26 heavy (non-hydrogen) atoms.